The maximum Gasteiger partial charge on any atom is 0.246 e. The number of fused-ring (bicyclic) bond motifs is 1. The Kier molecular flexibility index (Phi) is 7.90. The molecular weight excluding hydrogens is 516 g/mol. The average Bonchev–Trinajstić information content (AvgIpc) is 3.61. The molecule has 0 bridgehead atoms. The first kappa shape index (κ1) is 26.1. The molecule has 8 nitrogen and oxygen atoms in total. The first-order chi connectivity index (χ1) is 18.4. The molecule has 0 radical (unpaired) electrons. The van der Waals surface area contributed by atoms with Crippen molar-refractivity contribution < 1.29 is 23.0 Å². The summed E-state index contributed by atoms with van der Waals surface area (Å²) in [5, 5.41) is 2.80. The number of carbonyl (C=O) groups is 1. The Balaban J connectivity index is 1.31. The van der Waals surface area contributed by atoms with Crippen LogP contribution in [-0.2, 0) is 4.79 Å². The van der Waals surface area contributed by atoms with Gasteiger partial charge in [-0.15, -0.1) is 0 Å². The number of amides is 1. The molecule has 0 saturated carbocycles. The Morgan fingerprint density at radius 1 is 1.18 bits per heavy atom. The van der Waals surface area contributed by atoms with Crippen LogP contribution < -0.4 is 14.8 Å². The van der Waals surface area contributed by atoms with Crippen molar-refractivity contribution in [3.8, 4) is 11.5 Å². The van der Waals surface area contributed by atoms with Gasteiger partial charge in [0, 0.05) is 37.0 Å². The normalized spacial score (nSPS) is 18.0. The first-order valence-corrected chi connectivity index (χ1v) is 12.9. The van der Waals surface area contributed by atoms with Crippen molar-refractivity contribution in [1.82, 2.24) is 19.8 Å². The third-order valence-electron chi connectivity index (χ3n) is 6.78. The summed E-state index contributed by atoms with van der Waals surface area (Å²) in [6.45, 7) is 4.00. The number of hydrogen-bond donors (Lipinski definition) is 1. The second-order valence-electron chi connectivity index (χ2n) is 9.31. The monoisotopic (exact) mass is 543 g/mol. The SMILES string of the molecule is COc1cc2ncnc(Nc3ccc(F)c(Cl)c3F)c2cc1O[C@H]1CCN(C(=O)C=CCN2CCCC2)C1. The second-order valence-corrected chi connectivity index (χ2v) is 9.69. The summed E-state index contributed by atoms with van der Waals surface area (Å²) in [5.74, 6) is -0.605. The molecule has 1 atom stereocenters. The number of anilines is 2. The minimum atomic E-state index is -0.923. The number of likely N-dealkylation sites (tertiary alicyclic amines) is 2. The molecule has 3 aromatic rings. The predicted molar refractivity (Wildman–Crippen MR) is 141 cm³/mol. The van der Waals surface area contributed by atoms with E-state index in [9.17, 15) is 13.6 Å². The van der Waals surface area contributed by atoms with Crippen LogP contribution in [0.1, 0.15) is 19.3 Å². The quantitative estimate of drug-likeness (QED) is 0.318. The topological polar surface area (TPSA) is 79.8 Å². The lowest BCUT2D eigenvalue weighted by Gasteiger charge is -2.18. The van der Waals surface area contributed by atoms with Gasteiger partial charge in [-0.1, -0.05) is 17.7 Å². The molecule has 2 fully saturated rings. The van der Waals surface area contributed by atoms with Gasteiger partial charge in [0.15, 0.2) is 17.3 Å². The van der Waals surface area contributed by atoms with E-state index in [1.807, 2.05) is 6.08 Å². The molecule has 1 amide bonds. The van der Waals surface area contributed by atoms with Gasteiger partial charge in [-0.2, -0.15) is 0 Å². The van der Waals surface area contributed by atoms with Crippen LogP contribution in [-0.4, -0.2) is 71.6 Å². The fraction of sp³-hybridized carbons (Fsp3) is 0.370. The molecule has 1 N–H and O–H groups in total. The summed E-state index contributed by atoms with van der Waals surface area (Å²) < 4.78 is 39.9. The lowest BCUT2D eigenvalue weighted by atomic mass is 10.2. The van der Waals surface area contributed by atoms with Crippen molar-refractivity contribution in [2.24, 2.45) is 0 Å². The van der Waals surface area contributed by atoms with Gasteiger partial charge in [0.25, 0.3) is 0 Å². The van der Waals surface area contributed by atoms with Gasteiger partial charge in [0.2, 0.25) is 5.91 Å². The Bertz CT molecular complexity index is 1370. The van der Waals surface area contributed by atoms with Crippen LogP contribution in [0.25, 0.3) is 10.9 Å². The van der Waals surface area contributed by atoms with E-state index in [4.69, 9.17) is 21.1 Å². The van der Waals surface area contributed by atoms with Gasteiger partial charge in [-0.05, 0) is 44.1 Å². The van der Waals surface area contributed by atoms with Gasteiger partial charge in [0.05, 0.1) is 24.9 Å². The summed E-state index contributed by atoms with van der Waals surface area (Å²) in [4.78, 5) is 25.3. The van der Waals surface area contributed by atoms with E-state index in [2.05, 4.69) is 20.2 Å². The van der Waals surface area contributed by atoms with Crippen molar-refractivity contribution in [3.05, 3.63) is 59.4 Å². The van der Waals surface area contributed by atoms with Gasteiger partial charge in [-0.25, -0.2) is 18.7 Å². The van der Waals surface area contributed by atoms with Crippen molar-refractivity contribution in [3.63, 3.8) is 0 Å². The van der Waals surface area contributed by atoms with Crippen LogP contribution in [0.3, 0.4) is 0 Å². The number of halogens is 3. The molecule has 11 heteroatoms. The number of nitrogens with zero attached hydrogens (tertiary/aromatic N) is 4. The van der Waals surface area contributed by atoms with Gasteiger partial charge < -0.3 is 19.7 Å². The summed E-state index contributed by atoms with van der Waals surface area (Å²) in [6.07, 6.45) is 7.77. The molecule has 3 heterocycles. The van der Waals surface area contributed by atoms with E-state index >= 15 is 0 Å². The van der Waals surface area contributed by atoms with Crippen LogP contribution >= 0.6 is 11.6 Å². The van der Waals surface area contributed by atoms with Crippen LogP contribution in [0.5, 0.6) is 11.5 Å². The van der Waals surface area contributed by atoms with E-state index in [1.54, 1.807) is 23.1 Å². The zero-order valence-corrected chi connectivity index (χ0v) is 21.7. The van der Waals surface area contributed by atoms with E-state index in [-0.39, 0.29) is 23.5 Å². The fourth-order valence-electron chi connectivity index (χ4n) is 4.74. The molecule has 0 aliphatic carbocycles. The maximum absolute atomic E-state index is 14.5. The average molecular weight is 544 g/mol. The minimum Gasteiger partial charge on any atom is -0.493 e. The first-order valence-electron chi connectivity index (χ1n) is 12.5. The fourth-order valence-corrected chi connectivity index (χ4v) is 4.91. The third kappa shape index (κ3) is 5.66. The highest BCUT2D eigenvalue weighted by atomic mass is 35.5. The van der Waals surface area contributed by atoms with Crippen LogP contribution in [0.4, 0.5) is 20.3 Å². The zero-order valence-electron chi connectivity index (χ0n) is 20.9. The van der Waals surface area contributed by atoms with Gasteiger partial charge in [0.1, 0.15) is 29.1 Å². The smallest absolute Gasteiger partial charge is 0.246 e. The van der Waals surface area contributed by atoms with Crippen LogP contribution in [0.15, 0.2) is 42.7 Å². The summed E-state index contributed by atoms with van der Waals surface area (Å²) in [5.41, 5.74) is 0.504. The highest BCUT2D eigenvalue weighted by molar-refractivity contribution is 6.31. The van der Waals surface area contributed by atoms with Crippen LogP contribution in [0.2, 0.25) is 5.02 Å². The largest absolute Gasteiger partial charge is 0.493 e. The van der Waals surface area contributed by atoms with Crippen molar-refractivity contribution >= 4 is 39.9 Å². The highest BCUT2D eigenvalue weighted by Crippen LogP contribution is 2.37. The summed E-state index contributed by atoms with van der Waals surface area (Å²) in [6, 6.07) is 5.73. The van der Waals surface area contributed by atoms with Crippen molar-refractivity contribution in [2.75, 3.05) is 45.2 Å². The molecule has 5 rings (SSSR count). The lowest BCUT2D eigenvalue weighted by molar-refractivity contribution is -0.125. The Morgan fingerprint density at radius 3 is 2.79 bits per heavy atom. The third-order valence-corrected chi connectivity index (χ3v) is 7.13. The molecule has 2 aliphatic rings. The predicted octanol–water partition coefficient (Wildman–Crippen LogP) is 4.95. The van der Waals surface area contributed by atoms with E-state index in [0.717, 1.165) is 25.7 Å². The van der Waals surface area contributed by atoms with Gasteiger partial charge >= 0.3 is 0 Å². The zero-order chi connectivity index (χ0) is 26.6. The molecule has 0 unspecified atom stereocenters. The Labute approximate surface area is 224 Å². The second kappa shape index (κ2) is 11.5. The Hall–Kier alpha value is -3.50. The van der Waals surface area contributed by atoms with E-state index in [1.165, 1.54) is 32.3 Å². The number of ether oxygens (including phenoxy) is 2. The lowest BCUT2D eigenvalue weighted by Crippen LogP contribution is -2.29. The molecule has 2 aromatic carbocycles. The number of methoxy groups -OCH3 is 1. The molecule has 2 aliphatic heterocycles. The minimum absolute atomic E-state index is 0.0272. The maximum atomic E-state index is 14.5. The molecular formula is C27H28ClF2N5O3. The molecule has 200 valence electrons. The van der Waals surface area contributed by atoms with E-state index in [0.29, 0.717) is 41.9 Å². The molecule has 38 heavy (non-hydrogen) atoms. The number of benzene rings is 2. The van der Waals surface area contributed by atoms with Crippen molar-refractivity contribution in [2.45, 2.75) is 25.4 Å². The molecule has 0 spiro atoms. The molecule has 2 saturated heterocycles. The molecule has 1 aromatic heterocycles. The number of hydrogen-bond acceptors (Lipinski definition) is 7. The number of carbonyl (C=O) groups excluding carboxylic acids is 1. The standard InChI is InChI=1S/C27H28ClF2N5O3/c1-37-22-14-21-18(27(32-16-31-21)33-20-7-6-19(29)25(28)26(20)30)13-23(22)38-17-8-12-35(15-17)24(36)5-4-11-34-9-2-3-10-34/h4-7,13-14,16-17H,2-3,8-12,15H2,1H3,(H,31,32,33)/t17-/m0/s1. The van der Waals surface area contributed by atoms with Crippen LogP contribution in [0, 0.1) is 11.6 Å². The number of nitrogens with one attached hydrogen (secondary N) is 1. The van der Waals surface area contributed by atoms with Gasteiger partial charge in [-0.3, -0.25) is 9.69 Å². The summed E-state index contributed by atoms with van der Waals surface area (Å²) >= 11 is 5.73. The summed E-state index contributed by atoms with van der Waals surface area (Å²) in [7, 11) is 1.53. The van der Waals surface area contributed by atoms with Crippen molar-refractivity contribution in [1.29, 1.82) is 0 Å². The number of rotatable bonds is 8. The Morgan fingerprint density at radius 2 is 2.00 bits per heavy atom. The highest BCUT2D eigenvalue weighted by Gasteiger charge is 2.28. The number of aromatic nitrogens is 2. The van der Waals surface area contributed by atoms with E-state index < -0.39 is 16.7 Å².